The number of hydrogen-bond acceptors (Lipinski definition) is 3. The normalized spacial score (nSPS) is 22.9. The molecule has 1 saturated heterocycles. The average molecular weight is 298 g/mol. The number of carboxylic acids is 1. The maximum Gasteiger partial charge on any atom is 0.310 e. The summed E-state index contributed by atoms with van der Waals surface area (Å²) in [5, 5.41) is 10.00. The van der Waals surface area contributed by atoms with Gasteiger partial charge in [-0.1, -0.05) is 24.6 Å². The Kier molecular flexibility index (Phi) is 4.89. The molecule has 1 aliphatic heterocycles. The fraction of sp³-hybridized carbons (Fsp3) is 0.533. The molecule has 2 rings (SSSR count). The van der Waals surface area contributed by atoms with Crippen molar-refractivity contribution in [3.63, 3.8) is 0 Å². The molecule has 1 heterocycles. The highest BCUT2D eigenvalue weighted by Gasteiger charge is 2.42. The van der Waals surface area contributed by atoms with Crippen molar-refractivity contribution in [2.75, 3.05) is 26.2 Å². The molecule has 0 aromatic heterocycles. The van der Waals surface area contributed by atoms with Gasteiger partial charge in [0.1, 0.15) is 12.4 Å². The molecule has 1 aromatic carbocycles. The first kappa shape index (κ1) is 15.1. The Morgan fingerprint density at radius 2 is 2.35 bits per heavy atom. The summed E-state index contributed by atoms with van der Waals surface area (Å²) < 4.78 is 5.64. The molecule has 1 N–H and O–H groups in total. The number of halogens is 1. The fourth-order valence-corrected chi connectivity index (χ4v) is 2.79. The van der Waals surface area contributed by atoms with Crippen LogP contribution in [-0.2, 0) is 4.79 Å². The third-order valence-electron chi connectivity index (χ3n) is 4.04. The largest absolute Gasteiger partial charge is 0.492 e. The molecule has 5 heteroatoms. The van der Waals surface area contributed by atoms with Crippen molar-refractivity contribution >= 4 is 17.6 Å². The molecule has 1 unspecified atom stereocenters. The molecular formula is C15H20ClNO3. The lowest BCUT2D eigenvalue weighted by atomic mass is 9.84. The number of nitrogens with zero attached hydrogens (tertiary/aromatic N) is 1. The second-order valence-electron chi connectivity index (χ2n) is 5.27. The number of aliphatic carboxylic acids is 1. The minimum Gasteiger partial charge on any atom is -0.492 e. The van der Waals surface area contributed by atoms with Crippen LogP contribution in [0.1, 0.15) is 19.8 Å². The second kappa shape index (κ2) is 6.46. The number of likely N-dealkylation sites (tertiary alicyclic amines) is 1. The van der Waals surface area contributed by atoms with Crippen LogP contribution in [-0.4, -0.2) is 42.2 Å². The van der Waals surface area contributed by atoms with E-state index in [2.05, 4.69) is 4.90 Å². The second-order valence-corrected chi connectivity index (χ2v) is 5.71. The first-order chi connectivity index (χ1) is 9.55. The molecule has 20 heavy (non-hydrogen) atoms. The topological polar surface area (TPSA) is 49.8 Å². The molecule has 0 amide bonds. The summed E-state index contributed by atoms with van der Waals surface area (Å²) in [6, 6.07) is 7.29. The number of rotatable bonds is 6. The third-order valence-corrected chi connectivity index (χ3v) is 4.27. The van der Waals surface area contributed by atoms with Crippen LogP contribution in [0.4, 0.5) is 0 Å². The predicted molar refractivity (Wildman–Crippen MR) is 78.4 cm³/mol. The smallest absolute Gasteiger partial charge is 0.310 e. The van der Waals surface area contributed by atoms with Gasteiger partial charge in [-0.3, -0.25) is 9.69 Å². The summed E-state index contributed by atoms with van der Waals surface area (Å²) in [5.74, 6) is 0.0648. The van der Waals surface area contributed by atoms with Gasteiger partial charge in [0, 0.05) is 18.1 Å². The monoisotopic (exact) mass is 297 g/mol. The third kappa shape index (κ3) is 3.44. The molecule has 0 radical (unpaired) electrons. The van der Waals surface area contributed by atoms with E-state index in [0.29, 0.717) is 24.6 Å². The number of hydrogen-bond donors (Lipinski definition) is 1. The summed E-state index contributed by atoms with van der Waals surface area (Å²) >= 11 is 5.89. The van der Waals surface area contributed by atoms with Crippen molar-refractivity contribution in [3.05, 3.63) is 29.3 Å². The quantitative estimate of drug-likeness (QED) is 0.877. The minimum absolute atomic E-state index is 0.541. The first-order valence-electron chi connectivity index (χ1n) is 6.90. The molecule has 0 aliphatic carbocycles. The highest BCUT2D eigenvalue weighted by Crippen LogP contribution is 2.33. The SMILES string of the molecule is CCC1(C(=O)O)CCN(CCOc2cccc(Cl)c2)C1. The van der Waals surface area contributed by atoms with Gasteiger partial charge in [0.25, 0.3) is 0 Å². The van der Waals surface area contributed by atoms with E-state index in [1.165, 1.54) is 0 Å². The highest BCUT2D eigenvalue weighted by atomic mass is 35.5. The van der Waals surface area contributed by atoms with Gasteiger partial charge in [-0.25, -0.2) is 0 Å². The Labute approximate surface area is 124 Å². The molecule has 0 spiro atoms. The van der Waals surface area contributed by atoms with Gasteiger partial charge in [0.2, 0.25) is 0 Å². The zero-order valence-electron chi connectivity index (χ0n) is 11.6. The summed E-state index contributed by atoms with van der Waals surface area (Å²) in [7, 11) is 0. The number of ether oxygens (including phenoxy) is 1. The fourth-order valence-electron chi connectivity index (χ4n) is 2.61. The van der Waals surface area contributed by atoms with Crippen LogP contribution >= 0.6 is 11.6 Å². The van der Waals surface area contributed by atoms with Gasteiger partial charge in [-0.15, -0.1) is 0 Å². The van der Waals surface area contributed by atoms with Gasteiger partial charge in [-0.05, 0) is 37.6 Å². The van der Waals surface area contributed by atoms with Crippen LogP contribution in [0.15, 0.2) is 24.3 Å². The highest BCUT2D eigenvalue weighted by molar-refractivity contribution is 6.30. The van der Waals surface area contributed by atoms with Crippen molar-refractivity contribution in [2.24, 2.45) is 5.41 Å². The molecule has 0 bridgehead atoms. The van der Waals surface area contributed by atoms with E-state index in [0.717, 1.165) is 25.3 Å². The van der Waals surface area contributed by atoms with E-state index in [1.807, 2.05) is 19.1 Å². The lowest BCUT2D eigenvalue weighted by Gasteiger charge is -2.23. The van der Waals surface area contributed by atoms with Crippen LogP contribution < -0.4 is 4.74 Å². The van der Waals surface area contributed by atoms with E-state index >= 15 is 0 Å². The van der Waals surface area contributed by atoms with Crippen LogP contribution in [0.5, 0.6) is 5.75 Å². The Hall–Kier alpha value is -1.26. The van der Waals surface area contributed by atoms with Crippen LogP contribution in [0.3, 0.4) is 0 Å². The molecule has 1 fully saturated rings. The van der Waals surface area contributed by atoms with E-state index in [1.54, 1.807) is 12.1 Å². The summed E-state index contributed by atoms with van der Waals surface area (Å²) in [4.78, 5) is 13.5. The van der Waals surface area contributed by atoms with Crippen molar-refractivity contribution in [3.8, 4) is 5.75 Å². The Morgan fingerprint density at radius 1 is 1.55 bits per heavy atom. The van der Waals surface area contributed by atoms with Crippen LogP contribution in [0.2, 0.25) is 5.02 Å². The van der Waals surface area contributed by atoms with Crippen molar-refractivity contribution in [1.29, 1.82) is 0 Å². The average Bonchev–Trinajstić information content (AvgIpc) is 2.84. The maximum atomic E-state index is 11.4. The Balaban J connectivity index is 1.80. The molecule has 1 aromatic rings. The molecule has 1 atom stereocenters. The molecule has 1 aliphatic rings. The van der Waals surface area contributed by atoms with Gasteiger partial charge in [0.15, 0.2) is 0 Å². The first-order valence-corrected chi connectivity index (χ1v) is 7.28. The van der Waals surface area contributed by atoms with Gasteiger partial charge < -0.3 is 9.84 Å². The number of carboxylic acid groups (broad SMARTS) is 1. The summed E-state index contributed by atoms with van der Waals surface area (Å²) in [6.07, 6.45) is 1.39. The van der Waals surface area contributed by atoms with Gasteiger partial charge in [-0.2, -0.15) is 0 Å². The molecule has 0 saturated carbocycles. The standard InChI is InChI=1S/C15H20ClNO3/c1-2-15(14(18)19)6-7-17(11-15)8-9-20-13-5-3-4-12(16)10-13/h3-5,10H,2,6-9,11H2,1H3,(H,18,19). The minimum atomic E-state index is -0.682. The van der Waals surface area contributed by atoms with Gasteiger partial charge >= 0.3 is 5.97 Å². The van der Waals surface area contributed by atoms with E-state index in [4.69, 9.17) is 16.3 Å². The summed E-state index contributed by atoms with van der Waals surface area (Å²) in [6.45, 7) is 4.65. The molecule has 110 valence electrons. The molecular weight excluding hydrogens is 278 g/mol. The van der Waals surface area contributed by atoms with Gasteiger partial charge in [0.05, 0.1) is 5.41 Å². The predicted octanol–water partition coefficient (Wildman–Crippen LogP) is 2.91. The maximum absolute atomic E-state index is 11.4. The Morgan fingerprint density at radius 3 is 2.95 bits per heavy atom. The Bertz CT molecular complexity index is 480. The van der Waals surface area contributed by atoms with E-state index < -0.39 is 11.4 Å². The van der Waals surface area contributed by atoms with Crippen molar-refractivity contribution < 1.29 is 14.6 Å². The zero-order chi connectivity index (χ0) is 14.6. The molecule has 4 nitrogen and oxygen atoms in total. The van der Waals surface area contributed by atoms with E-state index in [9.17, 15) is 9.90 Å². The lowest BCUT2D eigenvalue weighted by Crippen LogP contribution is -2.35. The van der Waals surface area contributed by atoms with Crippen LogP contribution in [0, 0.1) is 5.41 Å². The van der Waals surface area contributed by atoms with Crippen molar-refractivity contribution in [2.45, 2.75) is 19.8 Å². The van der Waals surface area contributed by atoms with E-state index in [-0.39, 0.29) is 0 Å². The number of carbonyl (C=O) groups is 1. The van der Waals surface area contributed by atoms with Crippen molar-refractivity contribution in [1.82, 2.24) is 4.90 Å². The summed E-state index contributed by atoms with van der Waals surface area (Å²) in [5.41, 5.74) is -0.573. The number of benzene rings is 1. The zero-order valence-corrected chi connectivity index (χ0v) is 12.4. The lowest BCUT2D eigenvalue weighted by molar-refractivity contribution is -0.148. The van der Waals surface area contributed by atoms with Crippen LogP contribution in [0.25, 0.3) is 0 Å².